The van der Waals surface area contributed by atoms with Gasteiger partial charge in [0.1, 0.15) is 11.2 Å². The molecule has 2 aromatic carbocycles. The first kappa shape index (κ1) is 24.4. The molecule has 0 aliphatic heterocycles. The van der Waals surface area contributed by atoms with Gasteiger partial charge in [0.25, 0.3) is 0 Å². The van der Waals surface area contributed by atoms with Crippen molar-refractivity contribution in [3.8, 4) is 11.1 Å². The first-order chi connectivity index (χ1) is 14.3. The van der Waals surface area contributed by atoms with E-state index in [1.807, 2.05) is 55.5 Å². The van der Waals surface area contributed by atoms with E-state index in [4.69, 9.17) is 9.47 Å². The Bertz CT molecular complexity index is 916. The molecule has 4 heteroatoms. The summed E-state index contributed by atoms with van der Waals surface area (Å²) in [5, 5.41) is 0. The quantitative estimate of drug-likeness (QED) is 0.414. The molecule has 0 aliphatic rings. The molecular formula is C27H34O4. The molecule has 0 aromatic heterocycles. The van der Waals surface area contributed by atoms with Crippen molar-refractivity contribution in [1.82, 2.24) is 0 Å². The maximum atomic E-state index is 12.9. The molecule has 4 nitrogen and oxygen atoms in total. The largest absolute Gasteiger partial charge is 0.459 e. The highest BCUT2D eigenvalue weighted by Gasteiger charge is 2.35. The van der Waals surface area contributed by atoms with Crippen LogP contribution in [-0.4, -0.2) is 23.1 Å². The SMILES string of the molecule is C=Cc1ccc(CC(C(=O)OC(C)(C)C)C(=O)OC(C)(C)C)c(C)c1-c1ccccc1. The highest BCUT2D eigenvalue weighted by molar-refractivity contribution is 5.95. The van der Waals surface area contributed by atoms with E-state index >= 15 is 0 Å². The van der Waals surface area contributed by atoms with E-state index in [9.17, 15) is 9.59 Å². The van der Waals surface area contributed by atoms with Crippen molar-refractivity contribution in [1.29, 1.82) is 0 Å². The Kier molecular flexibility index (Phi) is 7.48. The third kappa shape index (κ3) is 6.81. The van der Waals surface area contributed by atoms with Crippen molar-refractivity contribution in [2.24, 2.45) is 5.92 Å². The van der Waals surface area contributed by atoms with Gasteiger partial charge in [-0.15, -0.1) is 0 Å². The number of carbonyl (C=O) groups excluding carboxylic acids is 2. The van der Waals surface area contributed by atoms with Crippen molar-refractivity contribution in [2.45, 2.75) is 66.1 Å². The highest BCUT2D eigenvalue weighted by atomic mass is 16.6. The van der Waals surface area contributed by atoms with Gasteiger partial charge in [0.2, 0.25) is 0 Å². The van der Waals surface area contributed by atoms with Gasteiger partial charge in [0, 0.05) is 0 Å². The monoisotopic (exact) mass is 422 g/mol. The van der Waals surface area contributed by atoms with Crippen LogP contribution in [0.1, 0.15) is 58.2 Å². The topological polar surface area (TPSA) is 52.6 Å². The molecule has 0 atom stereocenters. The third-order valence-corrected chi connectivity index (χ3v) is 4.70. The molecule has 0 saturated carbocycles. The summed E-state index contributed by atoms with van der Waals surface area (Å²) in [7, 11) is 0. The zero-order valence-electron chi connectivity index (χ0n) is 19.7. The van der Waals surface area contributed by atoms with Crippen LogP contribution in [0, 0.1) is 12.8 Å². The van der Waals surface area contributed by atoms with E-state index in [2.05, 4.69) is 6.58 Å². The van der Waals surface area contributed by atoms with E-state index in [0.29, 0.717) is 0 Å². The van der Waals surface area contributed by atoms with Crippen LogP contribution < -0.4 is 0 Å². The van der Waals surface area contributed by atoms with Gasteiger partial charge in [0.15, 0.2) is 5.92 Å². The molecule has 0 unspecified atom stereocenters. The van der Waals surface area contributed by atoms with Gasteiger partial charge in [-0.1, -0.05) is 55.1 Å². The second-order valence-corrected chi connectivity index (χ2v) is 9.71. The van der Waals surface area contributed by atoms with E-state index in [0.717, 1.165) is 27.8 Å². The molecular weight excluding hydrogens is 388 g/mol. The number of ether oxygens (including phenoxy) is 2. The fourth-order valence-corrected chi connectivity index (χ4v) is 3.38. The average molecular weight is 423 g/mol. The predicted molar refractivity (Wildman–Crippen MR) is 126 cm³/mol. The minimum absolute atomic E-state index is 0.201. The van der Waals surface area contributed by atoms with Crippen molar-refractivity contribution in [2.75, 3.05) is 0 Å². The summed E-state index contributed by atoms with van der Waals surface area (Å²) < 4.78 is 11.1. The van der Waals surface area contributed by atoms with E-state index < -0.39 is 29.1 Å². The Hall–Kier alpha value is -2.88. The van der Waals surface area contributed by atoms with Crippen LogP contribution in [0.25, 0.3) is 17.2 Å². The van der Waals surface area contributed by atoms with E-state index in [1.54, 1.807) is 41.5 Å². The second kappa shape index (κ2) is 9.51. The summed E-state index contributed by atoms with van der Waals surface area (Å²) in [6, 6.07) is 13.9. The molecule has 166 valence electrons. The Morgan fingerprint density at radius 2 is 1.42 bits per heavy atom. The number of esters is 2. The zero-order valence-corrected chi connectivity index (χ0v) is 19.7. The summed E-state index contributed by atoms with van der Waals surface area (Å²) in [5.74, 6) is -2.19. The van der Waals surface area contributed by atoms with Gasteiger partial charge in [-0.05, 0) is 82.7 Å². The van der Waals surface area contributed by atoms with Gasteiger partial charge in [-0.25, -0.2) is 0 Å². The molecule has 0 amide bonds. The first-order valence-corrected chi connectivity index (χ1v) is 10.6. The van der Waals surface area contributed by atoms with Crippen LogP contribution in [0.4, 0.5) is 0 Å². The predicted octanol–water partition coefficient (Wildman–Crippen LogP) is 6.15. The zero-order chi connectivity index (χ0) is 23.4. The lowest BCUT2D eigenvalue weighted by molar-refractivity contribution is -0.174. The molecule has 0 N–H and O–H groups in total. The Morgan fingerprint density at radius 1 is 0.903 bits per heavy atom. The van der Waals surface area contributed by atoms with Gasteiger partial charge in [-0.3, -0.25) is 9.59 Å². The smallest absolute Gasteiger partial charge is 0.321 e. The molecule has 0 radical (unpaired) electrons. The Labute approximate surface area is 186 Å². The number of hydrogen-bond donors (Lipinski definition) is 0. The molecule has 0 saturated heterocycles. The fourth-order valence-electron chi connectivity index (χ4n) is 3.38. The summed E-state index contributed by atoms with van der Waals surface area (Å²) in [4.78, 5) is 25.9. The van der Waals surface area contributed by atoms with Crippen LogP contribution in [0.3, 0.4) is 0 Å². The van der Waals surface area contributed by atoms with Crippen LogP contribution in [0.2, 0.25) is 0 Å². The van der Waals surface area contributed by atoms with Crippen molar-refractivity contribution in [3.05, 3.63) is 65.7 Å². The lowest BCUT2D eigenvalue weighted by Gasteiger charge is -2.27. The average Bonchev–Trinajstić information content (AvgIpc) is 2.64. The van der Waals surface area contributed by atoms with E-state index in [-0.39, 0.29) is 6.42 Å². The number of hydrogen-bond acceptors (Lipinski definition) is 4. The lowest BCUT2D eigenvalue weighted by atomic mass is 9.87. The standard InChI is InChI=1S/C27H34O4/c1-9-19-15-16-21(18(2)23(19)20-13-11-10-12-14-20)17-22(24(28)30-26(3,4)5)25(29)31-27(6,7)8/h9-16,22H,1,17H2,2-8H3. The third-order valence-electron chi connectivity index (χ3n) is 4.70. The molecule has 0 fully saturated rings. The normalized spacial score (nSPS) is 11.9. The first-order valence-electron chi connectivity index (χ1n) is 10.6. The van der Waals surface area contributed by atoms with Crippen molar-refractivity contribution in [3.63, 3.8) is 0 Å². The fraction of sp³-hybridized carbons (Fsp3) is 0.407. The second-order valence-electron chi connectivity index (χ2n) is 9.71. The molecule has 31 heavy (non-hydrogen) atoms. The van der Waals surface area contributed by atoms with Gasteiger partial charge >= 0.3 is 11.9 Å². The summed E-state index contributed by atoms with van der Waals surface area (Å²) in [5.41, 5.74) is 3.59. The Balaban J connectivity index is 2.49. The van der Waals surface area contributed by atoms with Crippen molar-refractivity contribution < 1.29 is 19.1 Å². The summed E-state index contributed by atoms with van der Waals surface area (Å²) >= 11 is 0. The Morgan fingerprint density at radius 3 is 1.87 bits per heavy atom. The van der Waals surface area contributed by atoms with Gasteiger partial charge in [-0.2, -0.15) is 0 Å². The van der Waals surface area contributed by atoms with E-state index in [1.165, 1.54) is 0 Å². The highest BCUT2D eigenvalue weighted by Crippen LogP contribution is 2.32. The summed E-state index contributed by atoms with van der Waals surface area (Å²) in [6.07, 6.45) is 2.02. The minimum Gasteiger partial charge on any atom is -0.459 e. The van der Waals surface area contributed by atoms with Crippen LogP contribution in [-0.2, 0) is 25.5 Å². The molecule has 0 spiro atoms. The molecule has 0 aliphatic carbocycles. The van der Waals surface area contributed by atoms with Crippen LogP contribution in [0.5, 0.6) is 0 Å². The molecule has 2 aromatic rings. The molecule has 0 heterocycles. The number of carbonyl (C=O) groups is 2. The lowest BCUT2D eigenvalue weighted by Crippen LogP contribution is -2.38. The van der Waals surface area contributed by atoms with Gasteiger partial charge in [0.05, 0.1) is 0 Å². The van der Waals surface area contributed by atoms with Gasteiger partial charge < -0.3 is 9.47 Å². The summed E-state index contributed by atoms with van der Waals surface area (Å²) in [6.45, 7) is 16.7. The number of benzene rings is 2. The molecule has 0 bridgehead atoms. The number of rotatable bonds is 6. The maximum absolute atomic E-state index is 12.9. The molecule has 2 rings (SSSR count). The maximum Gasteiger partial charge on any atom is 0.321 e. The van der Waals surface area contributed by atoms with Crippen LogP contribution in [0.15, 0.2) is 49.0 Å². The van der Waals surface area contributed by atoms with Crippen molar-refractivity contribution >= 4 is 18.0 Å². The van der Waals surface area contributed by atoms with Crippen LogP contribution >= 0.6 is 0 Å². The minimum atomic E-state index is -1.05.